The summed E-state index contributed by atoms with van der Waals surface area (Å²) in [6.07, 6.45) is 0.0233. The van der Waals surface area contributed by atoms with Gasteiger partial charge >= 0.3 is 5.97 Å². The molecule has 1 N–H and O–H groups in total. The number of aromatic nitrogens is 1. The molecule has 4 nitrogen and oxygen atoms in total. The van der Waals surface area contributed by atoms with E-state index in [-0.39, 0.29) is 6.42 Å². The number of benzene rings is 1. The number of fused-ring (bicyclic) bond motifs is 1. The highest BCUT2D eigenvalue weighted by atomic mass is 19.1. The molecule has 0 saturated heterocycles. The average Bonchev–Trinajstić information content (AvgIpc) is 2.74. The molecule has 0 spiro atoms. The molecule has 0 aliphatic rings. The van der Waals surface area contributed by atoms with Crippen LogP contribution in [-0.2, 0) is 16.0 Å². The van der Waals surface area contributed by atoms with Gasteiger partial charge in [0.1, 0.15) is 11.9 Å². The molecule has 2 rings (SSSR count). The molecule has 0 fully saturated rings. The molecule has 1 aromatic carbocycles. The van der Waals surface area contributed by atoms with E-state index in [2.05, 4.69) is 9.72 Å². The monoisotopic (exact) mass is 232 g/mol. The van der Waals surface area contributed by atoms with E-state index in [4.69, 9.17) is 5.26 Å². The van der Waals surface area contributed by atoms with E-state index in [1.165, 1.54) is 25.3 Å². The van der Waals surface area contributed by atoms with Gasteiger partial charge in [-0.25, -0.2) is 4.39 Å². The minimum absolute atomic E-state index is 0.0233. The number of nitrogens with one attached hydrogen (secondary N) is 1. The summed E-state index contributed by atoms with van der Waals surface area (Å²) < 4.78 is 18.0. The summed E-state index contributed by atoms with van der Waals surface area (Å²) >= 11 is 0. The molecule has 0 bridgehead atoms. The second-order valence-electron chi connectivity index (χ2n) is 3.54. The van der Waals surface area contributed by atoms with Gasteiger partial charge in [0.15, 0.2) is 0 Å². The zero-order valence-electron chi connectivity index (χ0n) is 9.08. The molecule has 0 aliphatic heterocycles. The van der Waals surface area contributed by atoms with Gasteiger partial charge < -0.3 is 9.72 Å². The highest BCUT2D eigenvalue weighted by molar-refractivity contribution is 5.87. The molecule has 0 atom stereocenters. The highest BCUT2D eigenvalue weighted by Crippen LogP contribution is 2.22. The molecule has 0 unspecified atom stereocenters. The van der Waals surface area contributed by atoms with Gasteiger partial charge in [0.2, 0.25) is 0 Å². The maximum absolute atomic E-state index is 13.5. The number of nitrogens with zero attached hydrogens (tertiary/aromatic N) is 1. The number of esters is 1. The van der Waals surface area contributed by atoms with Crippen LogP contribution in [0.4, 0.5) is 4.39 Å². The van der Waals surface area contributed by atoms with Gasteiger partial charge in [-0.15, -0.1) is 0 Å². The first-order valence-electron chi connectivity index (χ1n) is 4.92. The second kappa shape index (κ2) is 4.26. The van der Waals surface area contributed by atoms with E-state index < -0.39 is 11.8 Å². The van der Waals surface area contributed by atoms with Gasteiger partial charge in [-0.1, -0.05) is 0 Å². The van der Waals surface area contributed by atoms with E-state index >= 15 is 0 Å². The molecule has 1 aromatic heterocycles. The first kappa shape index (κ1) is 11.1. The number of H-pyrrole nitrogens is 1. The van der Waals surface area contributed by atoms with Crippen LogP contribution in [0.25, 0.3) is 10.9 Å². The SMILES string of the molecule is COC(=O)Cc1cc2c(F)ccc(C#N)c2[nH]1. The summed E-state index contributed by atoms with van der Waals surface area (Å²) in [6.45, 7) is 0. The minimum Gasteiger partial charge on any atom is -0.469 e. The van der Waals surface area contributed by atoms with Crippen molar-refractivity contribution in [2.45, 2.75) is 6.42 Å². The molecule has 17 heavy (non-hydrogen) atoms. The third kappa shape index (κ3) is 1.97. The molecule has 5 heteroatoms. The molecule has 1 heterocycles. The fourth-order valence-electron chi connectivity index (χ4n) is 1.66. The van der Waals surface area contributed by atoms with Crippen LogP contribution in [0.15, 0.2) is 18.2 Å². The zero-order valence-corrected chi connectivity index (χ0v) is 9.08. The number of nitriles is 1. The van der Waals surface area contributed by atoms with Crippen LogP contribution in [0, 0.1) is 17.1 Å². The predicted octanol–water partition coefficient (Wildman–Crippen LogP) is 1.89. The molecule has 86 valence electrons. The summed E-state index contributed by atoms with van der Waals surface area (Å²) in [4.78, 5) is 14.0. The third-order valence-electron chi connectivity index (χ3n) is 2.48. The summed E-state index contributed by atoms with van der Waals surface area (Å²) in [5.74, 6) is -0.846. The van der Waals surface area contributed by atoms with Crippen LogP contribution in [0.3, 0.4) is 0 Å². The summed E-state index contributed by atoms with van der Waals surface area (Å²) in [6, 6.07) is 6.11. The molecule has 0 saturated carbocycles. The van der Waals surface area contributed by atoms with Crippen molar-refractivity contribution in [3.8, 4) is 6.07 Å². The number of rotatable bonds is 2. The number of methoxy groups -OCH3 is 1. The van der Waals surface area contributed by atoms with Crippen molar-refractivity contribution >= 4 is 16.9 Å². The number of hydrogen-bond acceptors (Lipinski definition) is 3. The number of halogens is 1. The number of hydrogen-bond donors (Lipinski definition) is 1. The lowest BCUT2D eigenvalue weighted by molar-refractivity contribution is -0.139. The maximum atomic E-state index is 13.5. The summed E-state index contributed by atoms with van der Waals surface area (Å²) in [5, 5.41) is 9.19. The highest BCUT2D eigenvalue weighted by Gasteiger charge is 2.12. The van der Waals surface area contributed by atoms with Crippen molar-refractivity contribution < 1.29 is 13.9 Å². The van der Waals surface area contributed by atoms with Crippen LogP contribution in [-0.4, -0.2) is 18.1 Å². The minimum atomic E-state index is -0.425. The molecule has 0 radical (unpaired) electrons. The third-order valence-corrected chi connectivity index (χ3v) is 2.48. The Balaban J connectivity index is 2.53. The second-order valence-corrected chi connectivity index (χ2v) is 3.54. The van der Waals surface area contributed by atoms with Crippen molar-refractivity contribution in [3.63, 3.8) is 0 Å². The smallest absolute Gasteiger partial charge is 0.311 e. The predicted molar refractivity (Wildman–Crippen MR) is 58.7 cm³/mol. The first-order chi connectivity index (χ1) is 8.15. The Morgan fingerprint density at radius 2 is 2.35 bits per heavy atom. The topological polar surface area (TPSA) is 65.9 Å². The lowest BCUT2D eigenvalue weighted by atomic mass is 10.1. The first-order valence-corrected chi connectivity index (χ1v) is 4.92. The number of aromatic amines is 1. The lowest BCUT2D eigenvalue weighted by Crippen LogP contribution is -2.04. The molecule has 0 aliphatic carbocycles. The molecular weight excluding hydrogens is 223 g/mol. The van der Waals surface area contributed by atoms with Crippen LogP contribution < -0.4 is 0 Å². The van der Waals surface area contributed by atoms with E-state index in [1.54, 1.807) is 0 Å². The van der Waals surface area contributed by atoms with Crippen molar-refractivity contribution in [3.05, 3.63) is 35.3 Å². The standard InChI is InChI=1S/C12H9FN2O2/c1-17-11(16)5-8-4-9-10(13)3-2-7(6-14)12(9)15-8/h2-4,15H,5H2,1H3. The van der Waals surface area contributed by atoms with Gasteiger partial charge in [0.25, 0.3) is 0 Å². The maximum Gasteiger partial charge on any atom is 0.311 e. The largest absolute Gasteiger partial charge is 0.469 e. The van der Waals surface area contributed by atoms with Gasteiger partial charge in [-0.3, -0.25) is 4.79 Å². The van der Waals surface area contributed by atoms with E-state index in [0.717, 1.165) is 0 Å². The van der Waals surface area contributed by atoms with Gasteiger partial charge in [-0.05, 0) is 18.2 Å². The summed E-state index contributed by atoms with van der Waals surface area (Å²) in [5.41, 5.74) is 1.28. The Hall–Kier alpha value is -2.35. The Bertz CT molecular complexity index is 625. The fourth-order valence-corrected chi connectivity index (χ4v) is 1.66. The normalized spacial score (nSPS) is 10.2. The van der Waals surface area contributed by atoms with Crippen molar-refractivity contribution in [1.82, 2.24) is 4.98 Å². The average molecular weight is 232 g/mol. The lowest BCUT2D eigenvalue weighted by Gasteiger charge is -1.95. The fraction of sp³-hybridized carbons (Fsp3) is 0.167. The van der Waals surface area contributed by atoms with Crippen LogP contribution in [0.1, 0.15) is 11.3 Å². The zero-order chi connectivity index (χ0) is 12.4. The molecule has 0 amide bonds. The van der Waals surface area contributed by atoms with Gasteiger partial charge in [0, 0.05) is 11.1 Å². The van der Waals surface area contributed by atoms with Crippen LogP contribution in [0.5, 0.6) is 0 Å². The Morgan fingerprint density at radius 1 is 1.59 bits per heavy atom. The van der Waals surface area contributed by atoms with E-state index in [9.17, 15) is 9.18 Å². The number of carbonyl (C=O) groups excluding carboxylic acids is 1. The van der Waals surface area contributed by atoms with Crippen molar-refractivity contribution in [2.24, 2.45) is 0 Å². The summed E-state index contributed by atoms with van der Waals surface area (Å²) in [7, 11) is 1.28. The Labute approximate surface area is 96.6 Å². The van der Waals surface area contributed by atoms with E-state index in [0.29, 0.717) is 22.2 Å². The van der Waals surface area contributed by atoms with Crippen molar-refractivity contribution in [1.29, 1.82) is 5.26 Å². The number of ether oxygens (including phenoxy) is 1. The molecular formula is C12H9FN2O2. The van der Waals surface area contributed by atoms with Crippen LogP contribution in [0.2, 0.25) is 0 Å². The molecule has 2 aromatic rings. The quantitative estimate of drug-likeness (QED) is 0.804. The number of carbonyl (C=O) groups is 1. The van der Waals surface area contributed by atoms with Gasteiger partial charge in [0.05, 0.1) is 24.6 Å². The van der Waals surface area contributed by atoms with Gasteiger partial charge in [-0.2, -0.15) is 5.26 Å². The van der Waals surface area contributed by atoms with Crippen molar-refractivity contribution in [2.75, 3.05) is 7.11 Å². The Morgan fingerprint density at radius 3 is 3.00 bits per heavy atom. The van der Waals surface area contributed by atoms with E-state index in [1.807, 2.05) is 6.07 Å². The van der Waals surface area contributed by atoms with Crippen LogP contribution >= 0.6 is 0 Å². The Kier molecular flexibility index (Phi) is 2.79.